The number of esters is 1. The molecule has 0 saturated carbocycles. The van der Waals surface area contributed by atoms with Gasteiger partial charge in [-0.2, -0.15) is 0 Å². The molecule has 0 radical (unpaired) electrons. The lowest BCUT2D eigenvalue weighted by Crippen LogP contribution is -2.10. The highest BCUT2D eigenvalue weighted by molar-refractivity contribution is 9.10. The smallest absolute Gasteiger partial charge is 0.305 e. The molecule has 1 heterocycles. The lowest BCUT2D eigenvalue weighted by atomic mass is 10.1. The van der Waals surface area contributed by atoms with E-state index in [-0.39, 0.29) is 11.5 Å². The van der Waals surface area contributed by atoms with Gasteiger partial charge in [0.25, 0.3) is 5.56 Å². The fourth-order valence-corrected chi connectivity index (χ4v) is 3.02. The lowest BCUT2D eigenvalue weighted by molar-refractivity contribution is -0.143. The van der Waals surface area contributed by atoms with E-state index in [1.54, 1.807) is 31.2 Å². The molecule has 27 heavy (non-hydrogen) atoms. The number of nitrogens with one attached hydrogen (secondary N) is 1. The highest BCUT2D eigenvalue weighted by Crippen LogP contribution is 2.31. The predicted molar refractivity (Wildman–Crippen MR) is 107 cm³/mol. The van der Waals surface area contributed by atoms with Gasteiger partial charge >= 0.3 is 5.97 Å². The Morgan fingerprint density at radius 2 is 2.04 bits per heavy atom. The summed E-state index contributed by atoms with van der Waals surface area (Å²) in [7, 11) is 0. The van der Waals surface area contributed by atoms with Crippen molar-refractivity contribution in [2.24, 2.45) is 0 Å². The molecule has 0 aliphatic heterocycles. The summed E-state index contributed by atoms with van der Waals surface area (Å²) < 4.78 is 11.6. The zero-order valence-electron chi connectivity index (χ0n) is 14.8. The summed E-state index contributed by atoms with van der Waals surface area (Å²) in [6.07, 6.45) is 0.834. The SMILES string of the molecule is CCOC(=O)CCCOc1ccc(Br)cc1-c1nc2ccccc2c(=O)[nH]1. The number of carbonyl (C=O) groups is 1. The molecule has 3 aromatic rings. The van der Waals surface area contributed by atoms with Crippen molar-refractivity contribution in [1.29, 1.82) is 0 Å². The number of halogens is 1. The van der Waals surface area contributed by atoms with Crippen molar-refractivity contribution in [3.8, 4) is 17.1 Å². The monoisotopic (exact) mass is 430 g/mol. The predicted octanol–water partition coefficient (Wildman–Crippen LogP) is 4.07. The van der Waals surface area contributed by atoms with Gasteiger partial charge in [0.15, 0.2) is 0 Å². The average molecular weight is 431 g/mol. The van der Waals surface area contributed by atoms with E-state index in [1.807, 2.05) is 18.2 Å². The van der Waals surface area contributed by atoms with Crippen molar-refractivity contribution >= 4 is 32.8 Å². The minimum Gasteiger partial charge on any atom is -0.493 e. The van der Waals surface area contributed by atoms with Gasteiger partial charge in [0.05, 0.1) is 29.7 Å². The van der Waals surface area contributed by atoms with E-state index in [2.05, 4.69) is 25.9 Å². The molecule has 0 aliphatic carbocycles. The summed E-state index contributed by atoms with van der Waals surface area (Å²) in [6, 6.07) is 12.7. The van der Waals surface area contributed by atoms with Gasteiger partial charge in [-0.25, -0.2) is 4.98 Å². The quantitative estimate of drug-likeness (QED) is 0.451. The van der Waals surface area contributed by atoms with Crippen LogP contribution in [0.1, 0.15) is 19.8 Å². The Morgan fingerprint density at radius 3 is 2.85 bits per heavy atom. The van der Waals surface area contributed by atoms with Crippen LogP contribution in [0.2, 0.25) is 0 Å². The van der Waals surface area contributed by atoms with Gasteiger partial charge in [-0.05, 0) is 43.7 Å². The third kappa shape index (κ3) is 4.74. The van der Waals surface area contributed by atoms with Crippen LogP contribution in [0.25, 0.3) is 22.3 Å². The highest BCUT2D eigenvalue weighted by atomic mass is 79.9. The molecule has 6 nitrogen and oxygen atoms in total. The fraction of sp³-hybridized carbons (Fsp3) is 0.250. The zero-order valence-corrected chi connectivity index (χ0v) is 16.4. The Morgan fingerprint density at radius 1 is 1.22 bits per heavy atom. The maximum atomic E-state index is 12.4. The van der Waals surface area contributed by atoms with Gasteiger partial charge in [-0.1, -0.05) is 28.1 Å². The second-order valence-corrected chi connectivity index (χ2v) is 6.74. The van der Waals surface area contributed by atoms with Crippen LogP contribution in [-0.2, 0) is 9.53 Å². The summed E-state index contributed by atoms with van der Waals surface area (Å²) in [6.45, 7) is 2.50. The summed E-state index contributed by atoms with van der Waals surface area (Å²) in [5.41, 5.74) is 1.08. The van der Waals surface area contributed by atoms with Crippen LogP contribution in [0.4, 0.5) is 0 Å². The summed E-state index contributed by atoms with van der Waals surface area (Å²) in [5, 5.41) is 0.535. The summed E-state index contributed by atoms with van der Waals surface area (Å²) in [4.78, 5) is 31.2. The van der Waals surface area contributed by atoms with E-state index in [4.69, 9.17) is 9.47 Å². The molecule has 0 aliphatic rings. The molecule has 0 atom stereocenters. The second kappa shape index (κ2) is 8.81. The number of rotatable bonds is 7. The van der Waals surface area contributed by atoms with E-state index in [1.165, 1.54) is 0 Å². The van der Waals surface area contributed by atoms with Crippen molar-refractivity contribution in [1.82, 2.24) is 9.97 Å². The Balaban J connectivity index is 1.84. The van der Waals surface area contributed by atoms with E-state index in [0.29, 0.717) is 54.1 Å². The fourth-order valence-electron chi connectivity index (χ4n) is 2.66. The number of aromatic nitrogens is 2. The second-order valence-electron chi connectivity index (χ2n) is 5.83. The number of ether oxygens (including phenoxy) is 2. The Bertz CT molecular complexity index is 1020. The van der Waals surface area contributed by atoms with Crippen molar-refractivity contribution < 1.29 is 14.3 Å². The molecule has 0 bridgehead atoms. The van der Waals surface area contributed by atoms with Gasteiger partial charge < -0.3 is 14.5 Å². The molecule has 0 amide bonds. The van der Waals surface area contributed by atoms with Crippen LogP contribution in [0, 0.1) is 0 Å². The molecular formula is C20H19BrN2O4. The Kier molecular flexibility index (Phi) is 6.24. The molecular weight excluding hydrogens is 412 g/mol. The number of aromatic amines is 1. The normalized spacial score (nSPS) is 10.7. The van der Waals surface area contributed by atoms with Crippen molar-refractivity contribution in [2.45, 2.75) is 19.8 Å². The number of H-pyrrole nitrogens is 1. The van der Waals surface area contributed by atoms with Gasteiger partial charge in [-0.3, -0.25) is 9.59 Å². The minimum absolute atomic E-state index is 0.205. The number of nitrogens with zero attached hydrogens (tertiary/aromatic N) is 1. The molecule has 1 aromatic heterocycles. The Labute approximate surface area is 164 Å². The third-order valence-electron chi connectivity index (χ3n) is 3.90. The number of hydrogen-bond donors (Lipinski definition) is 1. The summed E-state index contributed by atoms with van der Waals surface area (Å²) in [5.74, 6) is 0.776. The molecule has 0 unspecified atom stereocenters. The molecule has 3 rings (SSSR count). The number of hydrogen-bond acceptors (Lipinski definition) is 5. The molecule has 0 fully saturated rings. The van der Waals surface area contributed by atoms with Crippen LogP contribution in [0.15, 0.2) is 51.7 Å². The largest absolute Gasteiger partial charge is 0.493 e. The standard InChI is InChI=1S/C20H19BrN2O4/c1-2-26-18(24)8-5-11-27-17-10-9-13(21)12-15(17)19-22-16-7-4-3-6-14(16)20(25)23-19/h3-4,6-7,9-10,12H,2,5,8,11H2,1H3,(H,22,23,25). The van der Waals surface area contributed by atoms with Crippen LogP contribution >= 0.6 is 15.9 Å². The first-order chi connectivity index (χ1) is 13.1. The summed E-state index contributed by atoms with van der Waals surface area (Å²) >= 11 is 3.44. The van der Waals surface area contributed by atoms with E-state index in [9.17, 15) is 9.59 Å². The van der Waals surface area contributed by atoms with Crippen LogP contribution in [-0.4, -0.2) is 29.2 Å². The first kappa shape index (κ1) is 19.1. The van der Waals surface area contributed by atoms with Crippen LogP contribution < -0.4 is 10.3 Å². The van der Waals surface area contributed by atoms with Gasteiger partial charge in [0, 0.05) is 10.9 Å². The maximum absolute atomic E-state index is 12.4. The van der Waals surface area contributed by atoms with Gasteiger partial charge in [0.2, 0.25) is 0 Å². The molecule has 0 spiro atoms. The molecule has 1 N–H and O–H groups in total. The number of benzene rings is 2. The first-order valence-electron chi connectivity index (χ1n) is 8.66. The zero-order chi connectivity index (χ0) is 19.2. The maximum Gasteiger partial charge on any atom is 0.305 e. The van der Waals surface area contributed by atoms with Crippen molar-refractivity contribution in [3.63, 3.8) is 0 Å². The Hall–Kier alpha value is -2.67. The van der Waals surface area contributed by atoms with E-state index in [0.717, 1.165) is 4.47 Å². The van der Waals surface area contributed by atoms with Gasteiger partial charge in [0.1, 0.15) is 11.6 Å². The highest BCUT2D eigenvalue weighted by Gasteiger charge is 2.12. The first-order valence-corrected chi connectivity index (χ1v) is 9.45. The van der Waals surface area contributed by atoms with Crippen LogP contribution in [0.5, 0.6) is 5.75 Å². The molecule has 0 saturated heterocycles. The minimum atomic E-state index is -0.238. The average Bonchev–Trinajstić information content (AvgIpc) is 2.66. The van der Waals surface area contributed by atoms with Crippen molar-refractivity contribution in [2.75, 3.05) is 13.2 Å². The molecule has 7 heteroatoms. The number of para-hydroxylation sites is 1. The topological polar surface area (TPSA) is 81.3 Å². The van der Waals surface area contributed by atoms with Crippen molar-refractivity contribution in [3.05, 3.63) is 57.3 Å². The van der Waals surface area contributed by atoms with E-state index >= 15 is 0 Å². The third-order valence-corrected chi connectivity index (χ3v) is 4.39. The molecule has 2 aromatic carbocycles. The lowest BCUT2D eigenvalue weighted by Gasteiger charge is -2.12. The van der Waals surface area contributed by atoms with Gasteiger partial charge in [-0.15, -0.1) is 0 Å². The number of fused-ring (bicyclic) bond motifs is 1. The molecule has 140 valence electrons. The van der Waals surface area contributed by atoms with Crippen LogP contribution in [0.3, 0.4) is 0 Å². The van der Waals surface area contributed by atoms with E-state index < -0.39 is 0 Å². The number of carbonyl (C=O) groups excluding carboxylic acids is 1.